The van der Waals surface area contributed by atoms with Crippen LogP contribution in [0.25, 0.3) is 10.2 Å². The molecule has 0 atom stereocenters. The van der Waals surface area contributed by atoms with Gasteiger partial charge in [-0.1, -0.05) is 29.5 Å². The van der Waals surface area contributed by atoms with Gasteiger partial charge in [0.25, 0.3) is 0 Å². The number of benzene rings is 2. The van der Waals surface area contributed by atoms with Gasteiger partial charge in [-0.2, -0.15) is 0 Å². The van der Waals surface area contributed by atoms with Crippen LogP contribution in [0.4, 0.5) is 9.52 Å². The first-order valence-corrected chi connectivity index (χ1v) is 10.3. The molecule has 29 heavy (non-hydrogen) atoms. The fourth-order valence-electron chi connectivity index (χ4n) is 3.16. The van der Waals surface area contributed by atoms with Crippen LogP contribution in [0.1, 0.15) is 17.5 Å². The van der Waals surface area contributed by atoms with Gasteiger partial charge in [0.15, 0.2) is 5.13 Å². The minimum atomic E-state index is -0.306. The maximum absolute atomic E-state index is 13.2. The normalized spacial score (nSPS) is 11.1. The van der Waals surface area contributed by atoms with Crippen LogP contribution < -0.4 is 4.90 Å². The van der Waals surface area contributed by atoms with E-state index in [1.807, 2.05) is 29.8 Å². The van der Waals surface area contributed by atoms with Crippen LogP contribution >= 0.6 is 11.3 Å². The van der Waals surface area contributed by atoms with Crippen molar-refractivity contribution >= 4 is 32.6 Å². The van der Waals surface area contributed by atoms with E-state index in [9.17, 15) is 9.18 Å². The van der Waals surface area contributed by atoms with E-state index in [0.29, 0.717) is 11.7 Å². The summed E-state index contributed by atoms with van der Waals surface area (Å²) in [5, 5.41) is 0.698. The first kappa shape index (κ1) is 19.3. The van der Waals surface area contributed by atoms with Crippen molar-refractivity contribution in [3.63, 3.8) is 0 Å². The van der Waals surface area contributed by atoms with Crippen molar-refractivity contribution in [3.8, 4) is 0 Å². The number of thiazole rings is 1. The van der Waals surface area contributed by atoms with E-state index in [0.717, 1.165) is 34.3 Å². The average Bonchev–Trinajstić information content (AvgIpc) is 3.36. The lowest BCUT2D eigenvalue weighted by Crippen LogP contribution is -2.33. The van der Waals surface area contributed by atoms with Crippen LogP contribution in [-0.4, -0.2) is 27.0 Å². The molecule has 0 spiro atoms. The number of rotatable bonds is 7. The largest absolute Gasteiger partial charge is 0.337 e. The zero-order chi connectivity index (χ0) is 20.2. The van der Waals surface area contributed by atoms with Crippen LogP contribution in [-0.2, 0) is 17.8 Å². The Morgan fingerprint density at radius 1 is 1.21 bits per heavy atom. The molecule has 0 aliphatic heterocycles. The van der Waals surface area contributed by atoms with E-state index in [2.05, 4.69) is 11.1 Å². The predicted molar refractivity (Wildman–Crippen MR) is 114 cm³/mol. The highest BCUT2D eigenvalue weighted by Crippen LogP contribution is 2.30. The summed E-state index contributed by atoms with van der Waals surface area (Å²) in [7, 11) is 0. The molecule has 0 fully saturated rings. The van der Waals surface area contributed by atoms with Crippen molar-refractivity contribution in [2.24, 2.45) is 0 Å². The number of anilines is 1. The number of hydrogen-bond donors (Lipinski definition) is 0. The smallest absolute Gasteiger partial charge is 0.233 e. The third-order valence-electron chi connectivity index (χ3n) is 4.69. The lowest BCUT2D eigenvalue weighted by Gasteiger charge is -2.20. The van der Waals surface area contributed by atoms with Crippen LogP contribution in [0.15, 0.2) is 61.2 Å². The Hall–Kier alpha value is -3.06. The molecule has 0 saturated heterocycles. The first-order valence-electron chi connectivity index (χ1n) is 9.46. The monoisotopic (exact) mass is 408 g/mol. The molecular weight excluding hydrogens is 387 g/mol. The van der Waals surface area contributed by atoms with E-state index in [1.165, 1.54) is 23.5 Å². The number of nitrogens with zero attached hydrogens (tertiary/aromatic N) is 4. The van der Waals surface area contributed by atoms with E-state index < -0.39 is 0 Å². The van der Waals surface area contributed by atoms with Gasteiger partial charge in [-0.05, 0) is 48.7 Å². The molecule has 0 bridgehead atoms. The van der Waals surface area contributed by atoms with Gasteiger partial charge in [0.1, 0.15) is 5.82 Å². The molecule has 148 valence electrons. The van der Waals surface area contributed by atoms with Gasteiger partial charge in [-0.3, -0.25) is 9.69 Å². The summed E-state index contributed by atoms with van der Waals surface area (Å²) in [6.07, 6.45) is 6.41. The van der Waals surface area contributed by atoms with Gasteiger partial charge in [0, 0.05) is 25.5 Å². The highest BCUT2D eigenvalue weighted by molar-refractivity contribution is 7.22. The Morgan fingerprint density at radius 3 is 2.79 bits per heavy atom. The highest BCUT2D eigenvalue weighted by Gasteiger charge is 2.20. The van der Waals surface area contributed by atoms with Gasteiger partial charge in [0.05, 0.1) is 23.0 Å². The van der Waals surface area contributed by atoms with Crippen molar-refractivity contribution in [1.29, 1.82) is 0 Å². The summed E-state index contributed by atoms with van der Waals surface area (Å²) in [6.45, 7) is 3.36. The summed E-state index contributed by atoms with van der Waals surface area (Å²) in [5.74, 6) is -0.349. The van der Waals surface area contributed by atoms with Crippen molar-refractivity contribution in [1.82, 2.24) is 14.5 Å². The van der Waals surface area contributed by atoms with Gasteiger partial charge in [-0.15, -0.1) is 0 Å². The quantitative estimate of drug-likeness (QED) is 0.449. The van der Waals surface area contributed by atoms with Gasteiger partial charge in [-0.25, -0.2) is 14.4 Å². The Bertz CT molecular complexity index is 1110. The van der Waals surface area contributed by atoms with Gasteiger partial charge < -0.3 is 4.57 Å². The Balaban J connectivity index is 1.56. The highest BCUT2D eigenvalue weighted by atomic mass is 32.1. The molecule has 0 aliphatic carbocycles. The van der Waals surface area contributed by atoms with Crippen LogP contribution in [0.5, 0.6) is 0 Å². The lowest BCUT2D eigenvalue weighted by atomic mass is 10.1. The fraction of sp³-hybridized carbons (Fsp3) is 0.227. The minimum absolute atomic E-state index is 0.0435. The standard InChI is InChI=1S/C22H21FN4OS/c1-16-3-8-19-20(13-16)29-22(25-19)27(11-2-10-26-12-9-24-15-26)21(28)14-17-4-6-18(23)7-5-17/h3-9,12-13,15H,2,10-11,14H2,1H3. The molecule has 0 aliphatic rings. The summed E-state index contributed by atoms with van der Waals surface area (Å²) >= 11 is 1.52. The maximum Gasteiger partial charge on any atom is 0.233 e. The number of aryl methyl sites for hydroxylation is 2. The first-order chi connectivity index (χ1) is 14.1. The molecule has 0 saturated carbocycles. The molecular formula is C22H21FN4OS. The second kappa shape index (κ2) is 8.53. The Kier molecular flexibility index (Phi) is 5.67. The van der Waals surface area contributed by atoms with E-state index in [4.69, 9.17) is 4.98 Å². The van der Waals surface area contributed by atoms with Crippen LogP contribution in [0.2, 0.25) is 0 Å². The number of imidazole rings is 1. The molecule has 2 aromatic heterocycles. The maximum atomic E-state index is 13.2. The minimum Gasteiger partial charge on any atom is -0.337 e. The van der Waals surface area contributed by atoms with Crippen molar-refractivity contribution in [2.75, 3.05) is 11.4 Å². The molecule has 4 aromatic rings. The van der Waals surface area contributed by atoms with E-state index in [1.54, 1.807) is 29.6 Å². The van der Waals surface area contributed by atoms with Crippen LogP contribution in [0.3, 0.4) is 0 Å². The molecule has 5 nitrogen and oxygen atoms in total. The van der Waals surface area contributed by atoms with E-state index >= 15 is 0 Å². The second-order valence-electron chi connectivity index (χ2n) is 6.97. The van der Waals surface area contributed by atoms with Gasteiger partial charge in [0.2, 0.25) is 5.91 Å². The SMILES string of the molecule is Cc1ccc2nc(N(CCCn3ccnc3)C(=O)Cc3ccc(F)cc3)sc2c1. The predicted octanol–water partition coefficient (Wildman–Crippen LogP) is 4.61. The summed E-state index contributed by atoms with van der Waals surface area (Å²) in [6, 6.07) is 12.2. The molecule has 2 heterocycles. The van der Waals surface area contributed by atoms with Crippen molar-refractivity contribution in [2.45, 2.75) is 26.3 Å². The number of aromatic nitrogens is 3. The second-order valence-corrected chi connectivity index (χ2v) is 7.98. The number of halogens is 1. The topological polar surface area (TPSA) is 51.0 Å². The van der Waals surface area contributed by atoms with Crippen molar-refractivity contribution < 1.29 is 9.18 Å². The lowest BCUT2D eigenvalue weighted by molar-refractivity contribution is -0.118. The molecule has 0 N–H and O–H groups in total. The molecule has 2 aromatic carbocycles. The number of hydrogen-bond acceptors (Lipinski definition) is 4. The van der Waals surface area contributed by atoms with Crippen LogP contribution in [0, 0.1) is 12.7 Å². The third kappa shape index (κ3) is 4.68. The number of amides is 1. The van der Waals surface area contributed by atoms with Crippen molar-refractivity contribution in [3.05, 3.63) is 78.1 Å². The zero-order valence-electron chi connectivity index (χ0n) is 16.1. The van der Waals surface area contributed by atoms with E-state index in [-0.39, 0.29) is 18.1 Å². The summed E-state index contributed by atoms with van der Waals surface area (Å²) in [4.78, 5) is 23.6. The zero-order valence-corrected chi connectivity index (χ0v) is 16.9. The molecule has 7 heteroatoms. The molecule has 1 amide bonds. The average molecular weight is 409 g/mol. The fourth-order valence-corrected chi connectivity index (χ4v) is 4.27. The third-order valence-corrected chi connectivity index (χ3v) is 5.73. The molecule has 0 unspecified atom stereocenters. The summed E-state index contributed by atoms with van der Waals surface area (Å²) in [5.41, 5.74) is 2.84. The number of carbonyl (C=O) groups excluding carboxylic acids is 1. The van der Waals surface area contributed by atoms with Gasteiger partial charge >= 0.3 is 0 Å². The Labute approximate surface area is 172 Å². The number of fused-ring (bicyclic) bond motifs is 1. The molecule has 0 radical (unpaired) electrons. The summed E-state index contributed by atoms with van der Waals surface area (Å²) < 4.78 is 16.2. The Morgan fingerprint density at radius 2 is 2.03 bits per heavy atom. The number of carbonyl (C=O) groups is 1. The molecule has 4 rings (SSSR count).